The molecule has 11 nitrogen and oxygen atoms in total. The van der Waals surface area contributed by atoms with Crippen molar-refractivity contribution in [2.45, 2.75) is 25.4 Å². The van der Waals surface area contributed by atoms with Gasteiger partial charge in [-0.15, -0.1) is 0 Å². The quantitative estimate of drug-likeness (QED) is 0.0872. The SMILES string of the molecule is CS(=O)(=O)N(CCOCCOCc1ccnc(Cl)c1)c1cc2oc(-c3ccc(F)cc3)c(C(=O)OC(N)=O)c2cc1C1CC1. The van der Waals surface area contributed by atoms with Gasteiger partial charge in [-0.25, -0.2) is 27.4 Å². The van der Waals surface area contributed by atoms with Crippen molar-refractivity contribution in [3.05, 3.63) is 82.4 Å². The van der Waals surface area contributed by atoms with E-state index in [4.69, 9.17) is 31.2 Å². The molecule has 0 bridgehead atoms. The average Bonchev–Trinajstić information content (AvgIpc) is 3.73. The number of aromatic nitrogens is 1. The highest BCUT2D eigenvalue weighted by molar-refractivity contribution is 7.92. The number of sulfonamides is 1. The number of esters is 1. The van der Waals surface area contributed by atoms with Crippen LogP contribution in [0.25, 0.3) is 22.3 Å². The van der Waals surface area contributed by atoms with Gasteiger partial charge in [0.05, 0.1) is 44.9 Å². The Morgan fingerprint density at radius 3 is 2.48 bits per heavy atom. The minimum atomic E-state index is -3.78. The summed E-state index contributed by atoms with van der Waals surface area (Å²) in [5.74, 6) is -1.49. The zero-order valence-electron chi connectivity index (χ0n) is 23.6. The molecule has 1 aliphatic carbocycles. The summed E-state index contributed by atoms with van der Waals surface area (Å²) in [6, 6.07) is 11.9. The average molecular weight is 646 g/mol. The lowest BCUT2D eigenvalue weighted by Crippen LogP contribution is -2.34. The summed E-state index contributed by atoms with van der Waals surface area (Å²) in [6.45, 7) is 0.918. The molecule has 2 aromatic heterocycles. The van der Waals surface area contributed by atoms with E-state index in [9.17, 15) is 22.4 Å². The molecule has 2 N–H and O–H groups in total. The van der Waals surface area contributed by atoms with Gasteiger partial charge < -0.3 is 24.4 Å². The number of nitrogens with zero attached hydrogens (tertiary/aromatic N) is 2. The smallest absolute Gasteiger partial charge is 0.412 e. The highest BCUT2D eigenvalue weighted by Crippen LogP contribution is 2.48. The van der Waals surface area contributed by atoms with Crippen molar-refractivity contribution in [2.24, 2.45) is 5.73 Å². The van der Waals surface area contributed by atoms with Crippen LogP contribution >= 0.6 is 11.6 Å². The van der Waals surface area contributed by atoms with Crippen LogP contribution in [0.1, 0.15) is 40.2 Å². The third-order valence-corrected chi connectivity index (χ3v) is 8.28. The third kappa shape index (κ3) is 7.53. The van der Waals surface area contributed by atoms with Gasteiger partial charge in [0.2, 0.25) is 10.0 Å². The number of nitrogens with two attached hydrogens (primary N) is 1. The van der Waals surface area contributed by atoms with E-state index in [0.29, 0.717) is 34.0 Å². The van der Waals surface area contributed by atoms with E-state index in [2.05, 4.69) is 9.72 Å². The predicted molar refractivity (Wildman–Crippen MR) is 160 cm³/mol. The molecule has 0 saturated heterocycles. The van der Waals surface area contributed by atoms with Crippen molar-refractivity contribution in [3.8, 4) is 11.3 Å². The van der Waals surface area contributed by atoms with Gasteiger partial charge in [-0.3, -0.25) is 4.31 Å². The maximum Gasteiger partial charge on any atom is 0.412 e. The molecular formula is C30H29ClFN3O8S. The first kappa shape index (κ1) is 31.4. The van der Waals surface area contributed by atoms with Crippen LogP contribution in [0, 0.1) is 5.82 Å². The second-order valence-electron chi connectivity index (χ2n) is 10.2. The molecule has 1 aliphatic rings. The van der Waals surface area contributed by atoms with Gasteiger partial charge in [-0.05, 0) is 72.4 Å². The third-order valence-electron chi connectivity index (χ3n) is 6.90. The van der Waals surface area contributed by atoms with E-state index in [1.54, 1.807) is 30.5 Å². The van der Waals surface area contributed by atoms with Crippen molar-refractivity contribution in [2.75, 3.05) is 36.9 Å². The largest absolute Gasteiger partial charge is 0.455 e. The Balaban J connectivity index is 1.40. The molecule has 0 unspecified atom stereocenters. The summed E-state index contributed by atoms with van der Waals surface area (Å²) in [5, 5.41) is 0.675. The number of primary amides is 1. The highest BCUT2D eigenvalue weighted by Gasteiger charge is 2.33. The number of benzene rings is 2. The number of fused-ring (bicyclic) bond motifs is 1. The molecule has 232 valence electrons. The van der Waals surface area contributed by atoms with Crippen LogP contribution in [0.3, 0.4) is 0 Å². The van der Waals surface area contributed by atoms with Crippen LogP contribution < -0.4 is 10.0 Å². The zero-order valence-corrected chi connectivity index (χ0v) is 25.2. The van der Waals surface area contributed by atoms with Crippen LogP contribution in [0.4, 0.5) is 14.9 Å². The van der Waals surface area contributed by atoms with Gasteiger partial charge in [0, 0.05) is 23.2 Å². The summed E-state index contributed by atoms with van der Waals surface area (Å²) >= 11 is 5.88. The molecule has 2 aromatic carbocycles. The van der Waals surface area contributed by atoms with Crippen molar-refractivity contribution in [3.63, 3.8) is 0 Å². The standard InChI is InChI=1S/C30H29ClFN3O8S/c1-44(38,39)35(10-11-40-12-13-41-17-18-8-9-34-26(31)14-18)24-16-25-23(15-22(24)19-2-3-19)27(29(36)43-30(33)37)28(42-25)20-4-6-21(32)7-5-20/h4-9,14-16,19H,2-3,10-13,17H2,1H3,(H2,33,37). The van der Waals surface area contributed by atoms with E-state index < -0.39 is 27.9 Å². The number of hydrogen-bond donors (Lipinski definition) is 1. The highest BCUT2D eigenvalue weighted by atomic mass is 35.5. The van der Waals surface area contributed by atoms with Crippen LogP contribution in [0.5, 0.6) is 0 Å². The van der Waals surface area contributed by atoms with Gasteiger partial charge in [0.25, 0.3) is 0 Å². The number of pyridine rings is 1. The van der Waals surface area contributed by atoms with E-state index >= 15 is 0 Å². The maximum atomic E-state index is 13.6. The lowest BCUT2D eigenvalue weighted by molar-refractivity contribution is 0.0435. The molecule has 14 heteroatoms. The molecule has 1 fully saturated rings. The Morgan fingerprint density at radius 2 is 1.82 bits per heavy atom. The number of anilines is 1. The molecule has 0 radical (unpaired) electrons. The van der Waals surface area contributed by atoms with Crippen LogP contribution in [-0.4, -0.2) is 58.1 Å². The maximum absolute atomic E-state index is 13.6. The van der Waals surface area contributed by atoms with Crippen molar-refractivity contribution >= 4 is 50.3 Å². The summed E-state index contributed by atoms with van der Waals surface area (Å²) in [5.41, 5.74) is 7.46. The van der Waals surface area contributed by atoms with Gasteiger partial charge in [0.15, 0.2) is 0 Å². The zero-order chi connectivity index (χ0) is 31.4. The van der Waals surface area contributed by atoms with E-state index in [0.717, 1.165) is 24.7 Å². The van der Waals surface area contributed by atoms with Crippen LogP contribution in [0.15, 0.2) is 59.1 Å². The fourth-order valence-electron chi connectivity index (χ4n) is 4.79. The van der Waals surface area contributed by atoms with Crippen molar-refractivity contribution < 1.29 is 41.0 Å². The van der Waals surface area contributed by atoms with Gasteiger partial charge in [-0.1, -0.05) is 11.6 Å². The predicted octanol–water partition coefficient (Wildman–Crippen LogP) is 5.40. The fraction of sp³-hybridized carbons (Fsp3) is 0.300. The molecule has 44 heavy (non-hydrogen) atoms. The monoisotopic (exact) mass is 645 g/mol. The molecular weight excluding hydrogens is 617 g/mol. The number of carbonyl (C=O) groups excluding carboxylic acids is 2. The number of ether oxygens (including phenoxy) is 3. The number of amides is 1. The van der Waals surface area contributed by atoms with Crippen molar-refractivity contribution in [1.82, 2.24) is 4.98 Å². The number of halogens is 2. The second-order valence-corrected chi connectivity index (χ2v) is 12.5. The Labute approximate surface area is 257 Å². The lowest BCUT2D eigenvalue weighted by atomic mass is 10.0. The first-order valence-corrected chi connectivity index (χ1v) is 15.9. The van der Waals surface area contributed by atoms with E-state index in [1.165, 1.54) is 28.6 Å². The molecule has 0 spiro atoms. The Hall–Kier alpha value is -4.04. The lowest BCUT2D eigenvalue weighted by Gasteiger charge is -2.25. The number of carbonyl (C=O) groups is 2. The molecule has 4 aromatic rings. The summed E-state index contributed by atoms with van der Waals surface area (Å²) in [4.78, 5) is 28.4. The summed E-state index contributed by atoms with van der Waals surface area (Å²) in [6.07, 6.45) is 3.01. The van der Waals surface area contributed by atoms with Gasteiger partial charge in [0.1, 0.15) is 27.9 Å². The van der Waals surface area contributed by atoms with Crippen molar-refractivity contribution in [1.29, 1.82) is 0 Å². The van der Waals surface area contributed by atoms with E-state index in [-0.39, 0.29) is 49.2 Å². The number of hydrogen-bond acceptors (Lipinski definition) is 9. The molecule has 1 saturated carbocycles. The van der Waals surface area contributed by atoms with Crippen LogP contribution in [-0.2, 0) is 30.8 Å². The van der Waals surface area contributed by atoms with Gasteiger partial charge >= 0.3 is 12.1 Å². The fourth-order valence-corrected chi connectivity index (χ4v) is 5.91. The summed E-state index contributed by atoms with van der Waals surface area (Å²) < 4.78 is 62.9. The number of furan rings is 1. The topological polar surface area (TPSA) is 151 Å². The Morgan fingerprint density at radius 1 is 1.09 bits per heavy atom. The molecule has 2 heterocycles. The molecule has 5 rings (SSSR count). The minimum Gasteiger partial charge on any atom is -0.455 e. The second kappa shape index (κ2) is 13.3. The Kier molecular flexibility index (Phi) is 9.49. The molecule has 1 amide bonds. The summed E-state index contributed by atoms with van der Waals surface area (Å²) in [7, 11) is -3.78. The number of rotatable bonds is 13. The Bertz CT molecular complexity index is 1790. The molecule has 0 aliphatic heterocycles. The molecule has 0 atom stereocenters. The first-order chi connectivity index (χ1) is 21.0. The minimum absolute atomic E-state index is 0.00608. The first-order valence-electron chi connectivity index (χ1n) is 13.6. The van der Waals surface area contributed by atoms with Crippen LogP contribution in [0.2, 0.25) is 5.15 Å². The van der Waals surface area contributed by atoms with Gasteiger partial charge in [-0.2, -0.15) is 0 Å². The normalized spacial score (nSPS) is 13.2. The van der Waals surface area contributed by atoms with E-state index in [1.807, 2.05) is 0 Å².